The molecule has 20 heavy (non-hydrogen) atoms. The van der Waals surface area contributed by atoms with Crippen LogP contribution in [0.1, 0.15) is 5.56 Å². The van der Waals surface area contributed by atoms with Crippen LogP contribution < -0.4 is 0 Å². The summed E-state index contributed by atoms with van der Waals surface area (Å²) < 4.78 is 0. The molecule has 2 heterocycles. The summed E-state index contributed by atoms with van der Waals surface area (Å²) in [5, 5.41) is 2.50. The first kappa shape index (κ1) is 11.2. The molecule has 0 aliphatic heterocycles. The van der Waals surface area contributed by atoms with Gasteiger partial charge in [-0.1, -0.05) is 48.0 Å². The molecular weight excluding hydrogens is 244 g/mol. The number of pyridine rings is 1. The van der Waals surface area contributed by atoms with Crippen LogP contribution in [0, 0.1) is 6.92 Å². The number of hydrogen-bond donors (Lipinski definition) is 1. The maximum Gasteiger partial charge on any atom is 0.0657 e. The predicted molar refractivity (Wildman–Crippen MR) is 83.8 cm³/mol. The Bertz CT molecular complexity index is 919. The second-order valence-electron chi connectivity index (χ2n) is 5.15. The second-order valence-corrected chi connectivity index (χ2v) is 5.15. The van der Waals surface area contributed by atoms with Gasteiger partial charge in [-0.05, 0) is 18.6 Å². The van der Waals surface area contributed by atoms with Crippen molar-refractivity contribution < 1.29 is 0 Å². The molecule has 1 N–H and O–H groups in total. The Labute approximate surface area is 117 Å². The van der Waals surface area contributed by atoms with Crippen LogP contribution in [-0.4, -0.2) is 9.97 Å². The number of para-hydroxylation sites is 1. The number of fused-ring (bicyclic) bond motifs is 3. The molecule has 2 aromatic heterocycles. The lowest BCUT2D eigenvalue weighted by atomic mass is 10.0. The third kappa shape index (κ3) is 1.62. The number of hydrogen-bond acceptors (Lipinski definition) is 1. The Morgan fingerprint density at radius 2 is 1.80 bits per heavy atom. The van der Waals surface area contributed by atoms with Crippen LogP contribution in [0.5, 0.6) is 0 Å². The number of rotatable bonds is 1. The Morgan fingerprint density at radius 1 is 0.900 bits per heavy atom. The van der Waals surface area contributed by atoms with Gasteiger partial charge >= 0.3 is 0 Å². The summed E-state index contributed by atoms with van der Waals surface area (Å²) >= 11 is 0. The van der Waals surface area contributed by atoms with Crippen LogP contribution in [0.25, 0.3) is 32.9 Å². The molecule has 0 radical (unpaired) electrons. The summed E-state index contributed by atoms with van der Waals surface area (Å²) in [4.78, 5) is 7.82. The molecule has 4 rings (SSSR count). The molecule has 0 saturated carbocycles. The van der Waals surface area contributed by atoms with Crippen molar-refractivity contribution in [2.45, 2.75) is 6.92 Å². The van der Waals surface area contributed by atoms with E-state index in [-0.39, 0.29) is 0 Å². The van der Waals surface area contributed by atoms with E-state index < -0.39 is 0 Å². The molecule has 96 valence electrons. The molecule has 2 heteroatoms. The summed E-state index contributed by atoms with van der Waals surface area (Å²) in [6, 6.07) is 17.0. The van der Waals surface area contributed by atoms with Crippen molar-refractivity contribution in [2.75, 3.05) is 0 Å². The number of nitrogens with one attached hydrogen (secondary N) is 1. The number of aromatic nitrogens is 2. The Kier molecular flexibility index (Phi) is 2.36. The molecule has 0 aliphatic rings. The van der Waals surface area contributed by atoms with E-state index in [1.165, 1.54) is 27.5 Å². The molecule has 2 nitrogen and oxygen atoms in total. The average Bonchev–Trinajstić information content (AvgIpc) is 2.85. The molecule has 0 unspecified atom stereocenters. The summed E-state index contributed by atoms with van der Waals surface area (Å²) in [5.41, 5.74) is 5.91. The first-order valence-electron chi connectivity index (χ1n) is 6.74. The monoisotopic (exact) mass is 258 g/mol. The minimum atomic E-state index is 1.09. The number of benzene rings is 2. The lowest BCUT2D eigenvalue weighted by Gasteiger charge is -2.05. The highest BCUT2D eigenvalue weighted by Gasteiger charge is 2.10. The molecule has 2 aromatic carbocycles. The zero-order valence-corrected chi connectivity index (χ0v) is 11.2. The van der Waals surface area contributed by atoms with Gasteiger partial charge in [0.05, 0.1) is 11.7 Å². The highest BCUT2D eigenvalue weighted by molar-refractivity contribution is 6.13. The lowest BCUT2D eigenvalue weighted by Crippen LogP contribution is -1.83. The fourth-order valence-electron chi connectivity index (χ4n) is 2.83. The maximum atomic E-state index is 4.38. The molecule has 0 fully saturated rings. The standard InChI is InChI=1S/C18H14N2/c1-12-5-4-6-13(9-12)15-10-19-11-17-18(15)14-7-2-3-8-16(14)20-17/h2-11,20H,1H3. The highest BCUT2D eigenvalue weighted by atomic mass is 14.7. The van der Waals surface area contributed by atoms with Crippen LogP contribution in [-0.2, 0) is 0 Å². The normalized spacial score (nSPS) is 11.2. The zero-order chi connectivity index (χ0) is 13.5. The lowest BCUT2D eigenvalue weighted by molar-refractivity contribution is 1.34. The maximum absolute atomic E-state index is 4.38. The van der Waals surface area contributed by atoms with E-state index in [0.717, 1.165) is 11.0 Å². The topological polar surface area (TPSA) is 28.7 Å². The van der Waals surface area contributed by atoms with E-state index in [1.807, 2.05) is 12.4 Å². The van der Waals surface area contributed by atoms with Gasteiger partial charge in [0.15, 0.2) is 0 Å². The van der Waals surface area contributed by atoms with E-state index >= 15 is 0 Å². The first-order valence-corrected chi connectivity index (χ1v) is 6.74. The van der Waals surface area contributed by atoms with Crippen molar-refractivity contribution in [2.24, 2.45) is 0 Å². The van der Waals surface area contributed by atoms with Crippen molar-refractivity contribution in [1.29, 1.82) is 0 Å². The summed E-state index contributed by atoms with van der Waals surface area (Å²) in [6.07, 6.45) is 3.85. The third-order valence-corrected chi connectivity index (χ3v) is 3.74. The zero-order valence-electron chi connectivity index (χ0n) is 11.2. The largest absolute Gasteiger partial charge is 0.353 e. The number of H-pyrrole nitrogens is 1. The Balaban J connectivity index is 2.14. The number of aryl methyl sites for hydroxylation is 1. The molecular formula is C18H14N2. The van der Waals surface area contributed by atoms with Gasteiger partial charge in [-0.3, -0.25) is 4.98 Å². The van der Waals surface area contributed by atoms with E-state index in [0.29, 0.717) is 0 Å². The minimum absolute atomic E-state index is 1.09. The minimum Gasteiger partial charge on any atom is -0.353 e. The van der Waals surface area contributed by atoms with Crippen LogP contribution in [0.4, 0.5) is 0 Å². The van der Waals surface area contributed by atoms with Crippen molar-refractivity contribution in [3.63, 3.8) is 0 Å². The molecule has 0 amide bonds. The molecule has 0 bridgehead atoms. The van der Waals surface area contributed by atoms with Gasteiger partial charge in [0.2, 0.25) is 0 Å². The third-order valence-electron chi connectivity index (χ3n) is 3.74. The van der Waals surface area contributed by atoms with Crippen LogP contribution in [0.15, 0.2) is 60.9 Å². The molecule has 0 saturated heterocycles. The van der Waals surface area contributed by atoms with Gasteiger partial charge in [0.1, 0.15) is 0 Å². The van der Waals surface area contributed by atoms with Crippen molar-refractivity contribution in [3.05, 3.63) is 66.5 Å². The van der Waals surface area contributed by atoms with E-state index in [2.05, 4.69) is 65.4 Å². The number of aromatic amines is 1. The van der Waals surface area contributed by atoms with Crippen LogP contribution in [0.2, 0.25) is 0 Å². The molecule has 0 spiro atoms. The molecule has 4 aromatic rings. The quantitative estimate of drug-likeness (QED) is 0.527. The van der Waals surface area contributed by atoms with Gasteiger partial charge < -0.3 is 4.98 Å². The van der Waals surface area contributed by atoms with Crippen LogP contribution in [0.3, 0.4) is 0 Å². The molecule has 0 atom stereocenters. The summed E-state index contributed by atoms with van der Waals surface area (Å²) in [6.45, 7) is 2.12. The second kappa shape index (κ2) is 4.20. The SMILES string of the molecule is Cc1cccc(-c2cncc3[nH]c4ccccc4c23)c1. The summed E-state index contributed by atoms with van der Waals surface area (Å²) in [5.74, 6) is 0. The highest BCUT2D eigenvalue weighted by Crippen LogP contribution is 2.33. The predicted octanol–water partition coefficient (Wildman–Crippen LogP) is 4.69. The fourth-order valence-corrected chi connectivity index (χ4v) is 2.83. The Hall–Kier alpha value is -2.61. The Morgan fingerprint density at radius 3 is 2.70 bits per heavy atom. The average molecular weight is 258 g/mol. The molecule has 0 aliphatic carbocycles. The first-order chi connectivity index (χ1) is 9.83. The van der Waals surface area contributed by atoms with Gasteiger partial charge in [-0.2, -0.15) is 0 Å². The van der Waals surface area contributed by atoms with E-state index in [4.69, 9.17) is 0 Å². The van der Waals surface area contributed by atoms with Gasteiger partial charge in [0, 0.05) is 28.0 Å². The van der Waals surface area contributed by atoms with Gasteiger partial charge in [-0.15, -0.1) is 0 Å². The smallest absolute Gasteiger partial charge is 0.0657 e. The van der Waals surface area contributed by atoms with Crippen molar-refractivity contribution in [3.8, 4) is 11.1 Å². The summed E-state index contributed by atoms with van der Waals surface area (Å²) in [7, 11) is 0. The number of nitrogens with zero attached hydrogens (tertiary/aromatic N) is 1. The van der Waals surface area contributed by atoms with Gasteiger partial charge in [-0.25, -0.2) is 0 Å². The van der Waals surface area contributed by atoms with Gasteiger partial charge in [0.25, 0.3) is 0 Å². The van der Waals surface area contributed by atoms with Crippen LogP contribution >= 0.6 is 0 Å². The van der Waals surface area contributed by atoms with E-state index in [1.54, 1.807) is 0 Å². The van der Waals surface area contributed by atoms with Crippen molar-refractivity contribution in [1.82, 2.24) is 9.97 Å². The van der Waals surface area contributed by atoms with E-state index in [9.17, 15) is 0 Å². The van der Waals surface area contributed by atoms with Crippen molar-refractivity contribution >= 4 is 21.8 Å². The fraction of sp³-hybridized carbons (Fsp3) is 0.0556.